The lowest BCUT2D eigenvalue weighted by Crippen LogP contribution is -2.03. The van der Waals surface area contributed by atoms with Gasteiger partial charge in [0.15, 0.2) is 0 Å². The topological polar surface area (TPSA) is 41.6 Å². The molecule has 1 aromatic heterocycles. The van der Waals surface area contributed by atoms with Gasteiger partial charge in [0, 0.05) is 11.5 Å². The maximum atomic E-state index is 13.1. The number of halogens is 1. The van der Waals surface area contributed by atoms with Crippen LogP contribution in [0.5, 0.6) is 0 Å². The van der Waals surface area contributed by atoms with Crippen LogP contribution in [0.1, 0.15) is 24.0 Å². The van der Waals surface area contributed by atoms with E-state index in [9.17, 15) is 4.39 Å². The molecule has 0 aliphatic heterocycles. The van der Waals surface area contributed by atoms with E-state index in [4.69, 9.17) is 5.26 Å². The summed E-state index contributed by atoms with van der Waals surface area (Å²) >= 11 is 0. The van der Waals surface area contributed by atoms with Gasteiger partial charge in [-0.15, -0.1) is 0 Å². The predicted octanol–water partition coefficient (Wildman–Crippen LogP) is 4.41. The number of nitrogens with zero attached hydrogens (tertiary/aromatic N) is 3. The third-order valence-electron chi connectivity index (χ3n) is 4.34. The number of rotatable bonds is 1. The Bertz CT molecular complexity index is 959. The highest BCUT2D eigenvalue weighted by Gasteiger charge is 2.17. The Kier molecular flexibility index (Phi) is 3.20. The Balaban J connectivity index is 1.90. The molecule has 1 aliphatic carbocycles. The number of hydrogen-bond donors (Lipinski definition) is 0. The van der Waals surface area contributed by atoms with Crippen molar-refractivity contribution in [3.63, 3.8) is 0 Å². The Labute approximate surface area is 133 Å². The van der Waals surface area contributed by atoms with Gasteiger partial charge in [0.2, 0.25) is 0 Å². The molecule has 112 valence electrons. The smallest absolute Gasteiger partial charge is 0.123 e. The fourth-order valence-electron chi connectivity index (χ4n) is 3.24. The average molecular weight is 303 g/mol. The van der Waals surface area contributed by atoms with Crippen molar-refractivity contribution in [2.24, 2.45) is 0 Å². The second-order valence-corrected chi connectivity index (χ2v) is 5.75. The van der Waals surface area contributed by atoms with Gasteiger partial charge in [-0.3, -0.25) is 0 Å². The summed E-state index contributed by atoms with van der Waals surface area (Å²) in [5, 5.41) is 14.4. The lowest BCUT2D eigenvalue weighted by atomic mass is 9.86. The first-order chi connectivity index (χ1) is 11.3. The van der Waals surface area contributed by atoms with Gasteiger partial charge in [-0.25, -0.2) is 9.07 Å². The second kappa shape index (κ2) is 5.36. The van der Waals surface area contributed by atoms with Crippen molar-refractivity contribution in [1.82, 2.24) is 9.78 Å². The van der Waals surface area contributed by atoms with E-state index in [0.717, 1.165) is 47.0 Å². The van der Waals surface area contributed by atoms with E-state index in [1.807, 2.05) is 10.9 Å². The average Bonchev–Trinajstić information content (AvgIpc) is 2.97. The molecule has 23 heavy (non-hydrogen) atoms. The molecule has 1 aliphatic rings. The maximum absolute atomic E-state index is 13.1. The van der Waals surface area contributed by atoms with Gasteiger partial charge >= 0.3 is 0 Å². The molecule has 0 saturated heterocycles. The summed E-state index contributed by atoms with van der Waals surface area (Å²) in [6.45, 7) is 0. The SMILES string of the molecule is N#CC=C1CCCc2cc3c(cnn3-c3ccc(F)cc3)cc21. The van der Waals surface area contributed by atoms with Crippen molar-refractivity contribution in [3.05, 3.63) is 65.6 Å². The van der Waals surface area contributed by atoms with Crippen LogP contribution in [0.15, 0.2) is 48.7 Å². The summed E-state index contributed by atoms with van der Waals surface area (Å²) in [6, 6.07) is 12.7. The zero-order chi connectivity index (χ0) is 15.8. The molecule has 2 aromatic carbocycles. The molecule has 0 bridgehead atoms. The normalized spacial score (nSPS) is 15.6. The second-order valence-electron chi connectivity index (χ2n) is 5.75. The lowest BCUT2D eigenvalue weighted by molar-refractivity contribution is 0.627. The Morgan fingerprint density at radius 2 is 2.00 bits per heavy atom. The largest absolute Gasteiger partial charge is 0.233 e. The quantitative estimate of drug-likeness (QED) is 0.625. The fourth-order valence-corrected chi connectivity index (χ4v) is 3.24. The molecule has 0 radical (unpaired) electrons. The highest BCUT2D eigenvalue weighted by molar-refractivity contribution is 5.87. The van der Waals surface area contributed by atoms with Gasteiger partial charge in [-0.2, -0.15) is 10.4 Å². The summed E-state index contributed by atoms with van der Waals surface area (Å²) in [5.74, 6) is -0.256. The summed E-state index contributed by atoms with van der Waals surface area (Å²) in [4.78, 5) is 0. The minimum Gasteiger partial charge on any atom is -0.233 e. The van der Waals surface area contributed by atoms with Crippen molar-refractivity contribution in [1.29, 1.82) is 5.26 Å². The molecule has 4 rings (SSSR count). The highest BCUT2D eigenvalue weighted by Crippen LogP contribution is 2.34. The van der Waals surface area contributed by atoms with Gasteiger partial charge in [0.1, 0.15) is 5.82 Å². The molecule has 0 fully saturated rings. The van der Waals surface area contributed by atoms with E-state index < -0.39 is 0 Å². The van der Waals surface area contributed by atoms with E-state index in [1.165, 1.54) is 17.7 Å². The zero-order valence-electron chi connectivity index (χ0n) is 12.5. The van der Waals surface area contributed by atoms with Crippen LogP contribution < -0.4 is 0 Å². The maximum Gasteiger partial charge on any atom is 0.123 e. The Morgan fingerprint density at radius 1 is 1.17 bits per heavy atom. The van der Waals surface area contributed by atoms with Gasteiger partial charge in [0.05, 0.1) is 23.5 Å². The van der Waals surface area contributed by atoms with Gasteiger partial charge in [-0.1, -0.05) is 0 Å². The van der Waals surface area contributed by atoms with E-state index in [0.29, 0.717) is 0 Å². The van der Waals surface area contributed by atoms with Crippen molar-refractivity contribution in [3.8, 4) is 11.8 Å². The minimum atomic E-state index is -0.256. The monoisotopic (exact) mass is 303 g/mol. The predicted molar refractivity (Wildman–Crippen MR) is 87.6 cm³/mol. The van der Waals surface area contributed by atoms with Gasteiger partial charge in [0.25, 0.3) is 0 Å². The van der Waals surface area contributed by atoms with E-state index in [2.05, 4.69) is 23.3 Å². The number of nitriles is 1. The number of fused-ring (bicyclic) bond motifs is 2. The molecular weight excluding hydrogens is 289 g/mol. The van der Waals surface area contributed by atoms with Crippen LogP contribution in [0.3, 0.4) is 0 Å². The Hall–Kier alpha value is -2.93. The number of benzene rings is 2. The molecule has 1 heterocycles. The van der Waals surface area contributed by atoms with E-state index in [1.54, 1.807) is 18.2 Å². The number of hydrogen-bond acceptors (Lipinski definition) is 2. The third-order valence-corrected chi connectivity index (χ3v) is 4.34. The molecule has 0 spiro atoms. The van der Waals surface area contributed by atoms with Crippen molar-refractivity contribution in [2.75, 3.05) is 0 Å². The van der Waals surface area contributed by atoms with Crippen LogP contribution in [0.4, 0.5) is 4.39 Å². The summed E-state index contributed by atoms with van der Waals surface area (Å²) in [7, 11) is 0. The van der Waals surface area contributed by atoms with Crippen LogP contribution in [-0.2, 0) is 6.42 Å². The number of aryl methyl sites for hydroxylation is 1. The number of aromatic nitrogens is 2. The van der Waals surface area contributed by atoms with Crippen molar-refractivity contribution in [2.45, 2.75) is 19.3 Å². The van der Waals surface area contributed by atoms with Crippen LogP contribution in [0, 0.1) is 17.1 Å². The summed E-state index contributed by atoms with van der Waals surface area (Å²) < 4.78 is 15.0. The molecule has 0 unspecified atom stereocenters. The molecule has 0 atom stereocenters. The molecule has 4 heteroatoms. The van der Waals surface area contributed by atoms with Crippen LogP contribution in [0.2, 0.25) is 0 Å². The van der Waals surface area contributed by atoms with Crippen LogP contribution in [0.25, 0.3) is 22.2 Å². The third kappa shape index (κ3) is 2.31. The lowest BCUT2D eigenvalue weighted by Gasteiger charge is -2.18. The van der Waals surface area contributed by atoms with Gasteiger partial charge in [-0.05, 0) is 72.4 Å². The zero-order valence-corrected chi connectivity index (χ0v) is 12.5. The first kappa shape index (κ1) is 13.7. The van der Waals surface area contributed by atoms with E-state index in [-0.39, 0.29) is 5.82 Å². The van der Waals surface area contributed by atoms with Gasteiger partial charge < -0.3 is 0 Å². The first-order valence-corrected chi connectivity index (χ1v) is 7.62. The molecule has 3 aromatic rings. The highest BCUT2D eigenvalue weighted by atomic mass is 19.1. The Morgan fingerprint density at radius 3 is 2.78 bits per heavy atom. The summed E-state index contributed by atoms with van der Waals surface area (Å²) in [5.41, 5.74) is 5.35. The van der Waals surface area contributed by atoms with E-state index >= 15 is 0 Å². The standard InChI is InChI=1S/C19H14FN3/c20-16-4-6-17(7-5-16)23-19-11-14-3-1-2-13(8-9-21)18(14)10-15(19)12-22-23/h4-8,10-12H,1-3H2. The molecule has 0 amide bonds. The minimum absolute atomic E-state index is 0.256. The molecular formula is C19H14FN3. The fraction of sp³-hybridized carbons (Fsp3) is 0.158. The molecule has 0 N–H and O–H groups in total. The van der Waals surface area contributed by atoms with Crippen LogP contribution in [-0.4, -0.2) is 9.78 Å². The molecule has 3 nitrogen and oxygen atoms in total. The van der Waals surface area contributed by atoms with Crippen molar-refractivity contribution >= 4 is 16.5 Å². The van der Waals surface area contributed by atoms with Crippen LogP contribution >= 0.6 is 0 Å². The number of allylic oxidation sites excluding steroid dienone is 2. The summed E-state index contributed by atoms with van der Waals surface area (Å²) in [6.07, 6.45) is 6.46. The first-order valence-electron chi connectivity index (χ1n) is 7.62. The van der Waals surface area contributed by atoms with Crippen molar-refractivity contribution < 1.29 is 4.39 Å². The molecule has 0 saturated carbocycles.